The molecule has 0 spiro atoms. The van der Waals surface area contributed by atoms with Crippen molar-refractivity contribution in [1.29, 1.82) is 0 Å². The number of halogens is 1. The van der Waals surface area contributed by atoms with Gasteiger partial charge >= 0.3 is 5.97 Å². The molecule has 0 aliphatic carbocycles. The zero-order valence-corrected chi connectivity index (χ0v) is 9.95. The molecule has 0 heterocycles. The Balaban J connectivity index is 0.00000169. The van der Waals surface area contributed by atoms with E-state index in [0.29, 0.717) is 12.2 Å². The van der Waals surface area contributed by atoms with E-state index in [1.165, 1.54) is 0 Å². The third-order valence-corrected chi connectivity index (χ3v) is 1.71. The van der Waals surface area contributed by atoms with Crippen LogP contribution in [-0.2, 0) is 4.79 Å². The smallest absolute Gasteiger partial charge is 0.311 e. The lowest BCUT2D eigenvalue weighted by Gasteiger charge is -2.02. The average Bonchev–Trinajstić information content (AvgIpc) is 2.16. The number of esters is 1. The second kappa shape index (κ2) is 7.56. The highest BCUT2D eigenvalue weighted by molar-refractivity contribution is 8.93. The van der Waals surface area contributed by atoms with Gasteiger partial charge in [-0.2, -0.15) is 0 Å². The molecule has 0 radical (unpaired) electrons. The fourth-order valence-electron chi connectivity index (χ4n) is 0.992. The Bertz CT molecular complexity index is 259. The summed E-state index contributed by atoms with van der Waals surface area (Å²) in [6.07, 6.45) is 2.42. The SMILES string of the molecule is Br.CCCCC(=O)Oc1ccccc1. The fourth-order valence-corrected chi connectivity index (χ4v) is 0.992. The van der Waals surface area contributed by atoms with Crippen LogP contribution in [0.3, 0.4) is 0 Å². The highest BCUT2D eigenvalue weighted by atomic mass is 79.9. The minimum absolute atomic E-state index is 0. The van der Waals surface area contributed by atoms with Gasteiger partial charge in [-0.1, -0.05) is 31.5 Å². The molecule has 1 rings (SSSR count). The monoisotopic (exact) mass is 258 g/mol. The van der Waals surface area contributed by atoms with Crippen LogP contribution in [0.1, 0.15) is 26.2 Å². The molecule has 0 atom stereocenters. The third kappa shape index (κ3) is 5.02. The number of hydrogen-bond acceptors (Lipinski definition) is 2. The molecule has 0 aliphatic heterocycles. The molecule has 0 saturated heterocycles. The number of unbranched alkanes of at least 4 members (excludes halogenated alkanes) is 1. The van der Waals surface area contributed by atoms with Crippen molar-refractivity contribution in [3.05, 3.63) is 30.3 Å². The van der Waals surface area contributed by atoms with Gasteiger partial charge < -0.3 is 4.74 Å². The van der Waals surface area contributed by atoms with E-state index in [9.17, 15) is 4.79 Å². The van der Waals surface area contributed by atoms with Crippen molar-refractivity contribution in [1.82, 2.24) is 0 Å². The fraction of sp³-hybridized carbons (Fsp3) is 0.364. The van der Waals surface area contributed by atoms with Gasteiger partial charge in [-0.25, -0.2) is 0 Å². The lowest BCUT2D eigenvalue weighted by Crippen LogP contribution is -2.06. The van der Waals surface area contributed by atoms with Gasteiger partial charge in [0.25, 0.3) is 0 Å². The van der Waals surface area contributed by atoms with Crippen LogP contribution >= 0.6 is 17.0 Å². The average molecular weight is 259 g/mol. The summed E-state index contributed by atoms with van der Waals surface area (Å²) in [5.41, 5.74) is 0. The predicted octanol–water partition coefficient (Wildman–Crippen LogP) is 3.36. The molecule has 0 aliphatic rings. The summed E-state index contributed by atoms with van der Waals surface area (Å²) in [7, 11) is 0. The zero-order valence-electron chi connectivity index (χ0n) is 8.23. The van der Waals surface area contributed by atoms with Gasteiger partial charge in [-0.3, -0.25) is 4.79 Å². The lowest BCUT2D eigenvalue weighted by atomic mass is 10.2. The molecule has 0 bridgehead atoms. The predicted molar refractivity (Wildman–Crippen MR) is 61.9 cm³/mol. The van der Waals surface area contributed by atoms with Crippen LogP contribution in [0.5, 0.6) is 5.75 Å². The normalized spacial score (nSPS) is 8.93. The third-order valence-electron chi connectivity index (χ3n) is 1.71. The van der Waals surface area contributed by atoms with E-state index in [0.717, 1.165) is 12.8 Å². The molecule has 1 aromatic carbocycles. The van der Waals surface area contributed by atoms with Gasteiger partial charge in [0.2, 0.25) is 0 Å². The van der Waals surface area contributed by atoms with Crippen LogP contribution in [-0.4, -0.2) is 5.97 Å². The Morgan fingerprint density at radius 2 is 1.93 bits per heavy atom. The maximum absolute atomic E-state index is 11.1. The van der Waals surface area contributed by atoms with Crippen molar-refractivity contribution in [2.45, 2.75) is 26.2 Å². The van der Waals surface area contributed by atoms with Gasteiger partial charge in [-0.05, 0) is 18.6 Å². The van der Waals surface area contributed by atoms with Crippen LogP contribution in [0.4, 0.5) is 0 Å². The summed E-state index contributed by atoms with van der Waals surface area (Å²) in [6.45, 7) is 2.05. The summed E-state index contributed by atoms with van der Waals surface area (Å²) in [5, 5.41) is 0. The summed E-state index contributed by atoms with van der Waals surface area (Å²) < 4.78 is 5.08. The van der Waals surface area contributed by atoms with Gasteiger partial charge in [0.1, 0.15) is 5.75 Å². The first-order valence-corrected chi connectivity index (χ1v) is 4.58. The van der Waals surface area contributed by atoms with Crippen molar-refractivity contribution in [3.63, 3.8) is 0 Å². The Morgan fingerprint density at radius 3 is 2.50 bits per heavy atom. The topological polar surface area (TPSA) is 26.3 Å². The van der Waals surface area contributed by atoms with Crippen molar-refractivity contribution < 1.29 is 9.53 Å². The largest absolute Gasteiger partial charge is 0.427 e. The first kappa shape index (κ1) is 13.2. The van der Waals surface area contributed by atoms with E-state index in [4.69, 9.17) is 4.74 Å². The zero-order chi connectivity index (χ0) is 9.52. The van der Waals surface area contributed by atoms with Gasteiger partial charge in [0.05, 0.1) is 0 Å². The number of carbonyl (C=O) groups is 1. The van der Waals surface area contributed by atoms with Gasteiger partial charge in [0.15, 0.2) is 0 Å². The second-order valence-corrected chi connectivity index (χ2v) is 2.89. The summed E-state index contributed by atoms with van der Waals surface area (Å²) in [6, 6.07) is 9.15. The molecule has 2 nitrogen and oxygen atoms in total. The number of ether oxygens (including phenoxy) is 1. The quantitative estimate of drug-likeness (QED) is 0.612. The second-order valence-electron chi connectivity index (χ2n) is 2.89. The minimum Gasteiger partial charge on any atom is -0.427 e. The van der Waals surface area contributed by atoms with E-state index in [1.807, 2.05) is 18.2 Å². The Labute approximate surface area is 95.0 Å². The molecule has 78 valence electrons. The van der Waals surface area contributed by atoms with Gasteiger partial charge in [0, 0.05) is 6.42 Å². The highest BCUT2D eigenvalue weighted by Gasteiger charge is 2.02. The number of rotatable bonds is 4. The molecule has 3 heteroatoms. The molecule has 0 amide bonds. The maximum Gasteiger partial charge on any atom is 0.311 e. The molecule has 0 N–H and O–H groups in total. The molecular formula is C11H15BrO2. The Hall–Kier alpha value is -0.830. The first-order chi connectivity index (χ1) is 6.33. The Morgan fingerprint density at radius 1 is 1.29 bits per heavy atom. The van der Waals surface area contributed by atoms with E-state index in [2.05, 4.69) is 6.92 Å². The first-order valence-electron chi connectivity index (χ1n) is 4.58. The maximum atomic E-state index is 11.1. The van der Waals surface area contributed by atoms with Crippen molar-refractivity contribution in [3.8, 4) is 5.75 Å². The molecule has 0 unspecified atom stereocenters. The van der Waals surface area contributed by atoms with Crippen LogP contribution in [0.25, 0.3) is 0 Å². The van der Waals surface area contributed by atoms with Gasteiger partial charge in [-0.15, -0.1) is 17.0 Å². The minimum atomic E-state index is -0.145. The summed E-state index contributed by atoms with van der Waals surface area (Å²) in [4.78, 5) is 11.1. The van der Waals surface area contributed by atoms with Crippen LogP contribution < -0.4 is 4.74 Å². The van der Waals surface area contributed by atoms with Crippen LogP contribution in [0, 0.1) is 0 Å². The molecule has 1 aromatic rings. The molecule has 0 fully saturated rings. The molecule has 14 heavy (non-hydrogen) atoms. The molecule has 0 aromatic heterocycles. The standard InChI is InChI=1S/C11H14O2.BrH/c1-2-3-9-11(12)13-10-7-5-4-6-8-10;/h4-8H,2-3,9H2,1H3;1H. The number of hydrogen-bond donors (Lipinski definition) is 0. The van der Waals surface area contributed by atoms with E-state index >= 15 is 0 Å². The lowest BCUT2D eigenvalue weighted by molar-refractivity contribution is -0.134. The number of para-hydroxylation sites is 1. The molecule has 0 saturated carbocycles. The van der Waals surface area contributed by atoms with Crippen molar-refractivity contribution >= 4 is 23.0 Å². The van der Waals surface area contributed by atoms with Crippen LogP contribution in [0.15, 0.2) is 30.3 Å². The van der Waals surface area contributed by atoms with E-state index in [-0.39, 0.29) is 23.0 Å². The molecular weight excluding hydrogens is 244 g/mol. The van der Waals surface area contributed by atoms with Crippen LogP contribution in [0.2, 0.25) is 0 Å². The summed E-state index contributed by atoms with van der Waals surface area (Å²) >= 11 is 0. The van der Waals surface area contributed by atoms with Crippen molar-refractivity contribution in [2.75, 3.05) is 0 Å². The number of benzene rings is 1. The Kier molecular flexibility index (Phi) is 7.11. The van der Waals surface area contributed by atoms with E-state index < -0.39 is 0 Å². The number of carbonyl (C=O) groups excluding carboxylic acids is 1. The highest BCUT2D eigenvalue weighted by Crippen LogP contribution is 2.09. The summed E-state index contributed by atoms with van der Waals surface area (Å²) in [5.74, 6) is 0.483. The van der Waals surface area contributed by atoms with Crippen molar-refractivity contribution in [2.24, 2.45) is 0 Å². The van der Waals surface area contributed by atoms with E-state index in [1.54, 1.807) is 12.1 Å².